The van der Waals surface area contributed by atoms with Crippen LogP contribution in [0.2, 0.25) is 0 Å². The Hall–Kier alpha value is -2.92. The van der Waals surface area contributed by atoms with Crippen LogP contribution in [0.5, 0.6) is 0 Å². The molecule has 160 valence electrons. The molecule has 5 rings (SSSR count). The topological polar surface area (TPSA) is 35.6 Å². The van der Waals surface area contributed by atoms with Gasteiger partial charge in [0.25, 0.3) is 5.91 Å². The standard InChI is InChI=1S/C26H28FN3O/c1-17-12-18(14-19(13-17)30-15-20(16-30)29(2)3)25(31)28-26(10-11-26)23-8-9-24(27)22-7-5-4-6-21(22)23/h4-9,12-14,20H,10-11,15-16H2,1-3H3,(H,28,31). The molecule has 31 heavy (non-hydrogen) atoms. The number of aryl methyl sites for hydroxylation is 1. The first kappa shape index (κ1) is 20.0. The highest BCUT2D eigenvalue weighted by Gasteiger charge is 2.47. The molecule has 1 aliphatic carbocycles. The number of rotatable bonds is 5. The number of nitrogens with one attached hydrogen (secondary N) is 1. The molecule has 0 bridgehead atoms. The van der Waals surface area contributed by atoms with E-state index in [4.69, 9.17) is 0 Å². The summed E-state index contributed by atoms with van der Waals surface area (Å²) in [6.07, 6.45) is 1.73. The van der Waals surface area contributed by atoms with Crippen LogP contribution in [0.1, 0.15) is 34.3 Å². The van der Waals surface area contributed by atoms with Crippen molar-refractivity contribution in [2.45, 2.75) is 31.3 Å². The normalized spacial score (nSPS) is 17.6. The van der Waals surface area contributed by atoms with Gasteiger partial charge in [0.05, 0.1) is 5.54 Å². The van der Waals surface area contributed by atoms with Crippen molar-refractivity contribution in [3.63, 3.8) is 0 Å². The fourth-order valence-electron chi connectivity index (χ4n) is 4.63. The average Bonchev–Trinajstić information content (AvgIpc) is 3.47. The van der Waals surface area contributed by atoms with Crippen molar-refractivity contribution in [2.75, 3.05) is 32.1 Å². The van der Waals surface area contributed by atoms with Crippen LogP contribution >= 0.6 is 0 Å². The number of amides is 1. The van der Waals surface area contributed by atoms with E-state index < -0.39 is 5.54 Å². The zero-order valence-corrected chi connectivity index (χ0v) is 18.3. The number of carbonyl (C=O) groups is 1. The second-order valence-corrected chi connectivity index (χ2v) is 9.26. The maximum absolute atomic E-state index is 14.3. The first-order chi connectivity index (χ1) is 14.9. The molecule has 3 aromatic rings. The number of anilines is 1. The van der Waals surface area contributed by atoms with Gasteiger partial charge in [-0.3, -0.25) is 4.79 Å². The van der Waals surface area contributed by atoms with E-state index in [9.17, 15) is 9.18 Å². The molecule has 3 aromatic carbocycles. The Morgan fingerprint density at radius 1 is 1.06 bits per heavy atom. The highest BCUT2D eigenvalue weighted by atomic mass is 19.1. The van der Waals surface area contributed by atoms with Crippen LogP contribution in [0.4, 0.5) is 10.1 Å². The van der Waals surface area contributed by atoms with Gasteiger partial charge in [-0.05, 0) is 74.6 Å². The molecule has 2 aliphatic rings. The van der Waals surface area contributed by atoms with Crippen molar-refractivity contribution >= 4 is 22.4 Å². The van der Waals surface area contributed by atoms with Crippen LogP contribution in [-0.2, 0) is 5.54 Å². The summed E-state index contributed by atoms with van der Waals surface area (Å²) >= 11 is 0. The summed E-state index contributed by atoms with van der Waals surface area (Å²) in [5.41, 5.74) is 3.44. The average molecular weight is 418 g/mol. The van der Waals surface area contributed by atoms with E-state index in [0.29, 0.717) is 17.0 Å². The summed E-state index contributed by atoms with van der Waals surface area (Å²) < 4.78 is 14.3. The lowest BCUT2D eigenvalue weighted by molar-refractivity contribution is 0.0931. The predicted molar refractivity (Wildman–Crippen MR) is 123 cm³/mol. The van der Waals surface area contributed by atoms with E-state index in [-0.39, 0.29) is 11.7 Å². The van der Waals surface area contributed by atoms with Crippen LogP contribution in [0, 0.1) is 12.7 Å². The van der Waals surface area contributed by atoms with Crippen molar-refractivity contribution in [1.29, 1.82) is 0 Å². The molecule has 5 heteroatoms. The quantitative estimate of drug-likeness (QED) is 0.666. The van der Waals surface area contributed by atoms with E-state index in [2.05, 4.69) is 35.3 Å². The molecule has 0 atom stereocenters. The lowest BCUT2D eigenvalue weighted by atomic mass is 9.96. The SMILES string of the molecule is Cc1cc(C(=O)NC2(c3ccc(F)c4ccccc34)CC2)cc(N2CC(N(C)C)C2)c1. The first-order valence-corrected chi connectivity index (χ1v) is 10.9. The Morgan fingerprint density at radius 2 is 1.77 bits per heavy atom. The second-order valence-electron chi connectivity index (χ2n) is 9.26. The van der Waals surface area contributed by atoms with Crippen molar-refractivity contribution in [3.05, 3.63) is 77.1 Å². The summed E-state index contributed by atoms with van der Waals surface area (Å²) in [6, 6.07) is 17.5. The fourth-order valence-corrected chi connectivity index (χ4v) is 4.63. The summed E-state index contributed by atoms with van der Waals surface area (Å²) in [4.78, 5) is 17.8. The van der Waals surface area contributed by atoms with E-state index in [1.807, 2.05) is 43.3 Å². The molecule has 1 saturated carbocycles. The largest absolute Gasteiger partial charge is 0.368 e. The second kappa shape index (κ2) is 7.34. The minimum atomic E-state index is -0.416. The van der Waals surface area contributed by atoms with Gasteiger partial charge >= 0.3 is 0 Å². The van der Waals surface area contributed by atoms with Crippen LogP contribution in [0.25, 0.3) is 10.8 Å². The smallest absolute Gasteiger partial charge is 0.252 e. The Balaban J connectivity index is 1.41. The third-order valence-corrected chi connectivity index (χ3v) is 6.77. The van der Waals surface area contributed by atoms with Gasteiger partial charge in [0.2, 0.25) is 0 Å². The molecule has 0 aromatic heterocycles. The Kier molecular flexibility index (Phi) is 4.74. The fraction of sp³-hybridized carbons (Fsp3) is 0.346. The Morgan fingerprint density at radius 3 is 2.45 bits per heavy atom. The zero-order chi connectivity index (χ0) is 21.8. The highest BCUT2D eigenvalue weighted by Crippen LogP contribution is 2.48. The number of hydrogen-bond acceptors (Lipinski definition) is 3. The van der Waals surface area contributed by atoms with E-state index in [1.165, 1.54) is 6.07 Å². The predicted octanol–water partition coefficient (Wildman–Crippen LogP) is 4.46. The van der Waals surface area contributed by atoms with Gasteiger partial charge in [-0.1, -0.05) is 30.3 Å². The summed E-state index contributed by atoms with van der Waals surface area (Å²) in [5, 5.41) is 4.76. The Bertz CT molecular complexity index is 1160. The van der Waals surface area contributed by atoms with Gasteiger partial charge in [-0.15, -0.1) is 0 Å². The van der Waals surface area contributed by atoms with Gasteiger partial charge < -0.3 is 15.1 Å². The highest BCUT2D eigenvalue weighted by molar-refractivity contribution is 5.97. The van der Waals surface area contributed by atoms with Crippen LogP contribution in [0.15, 0.2) is 54.6 Å². The molecule has 2 fully saturated rings. The molecule has 1 aliphatic heterocycles. The molecule has 0 spiro atoms. The minimum Gasteiger partial charge on any atom is -0.368 e. The van der Waals surface area contributed by atoms with Crippen LogP contribution in [-0.4, -0.2) is 44.0 Å². The number of benzene rings is 3. The van der Waals surface area contributed by atoms with Gasteiger partial charge in [-0.25, -0.2) is 4.39 Å². The number of carbonyl (C=O) groups excluding carboxylic acids is 1. The monoisotopic (exact) mass is 417 g/mol. The molecule has 1 saturated heterocycles. The Labute approximate surface area is 182 Å². The molecular formula is C26H28FN3O. The first-order valence-electron chi connectivity index (χ1n) is 10.9. The molecule has 4 nitrogen and oxygen atoms in total. The van der Waals surface area contributed by atoms with Crippen LogP contribution < -0.4 is 10.2 Å². The lowest BCUT2D eigenvalue weighted by Gasteiger charge is -2.44. The van der Waals surface area contributed by atoms with Crippen molar-refractivity contribution < 1.29 is 9.18 Å². The molecule has 0 unspecified atom stereocenters. The van der Waals surface area contributed by atoms with Crippen molar-refractivity contribution in [2.24, 2.45) is 0 Å². The molecule has 1 amide bonds. The maximum atomic E-state index is 14.3. The van der Waals surface area contributed by atoms with Crippen molar-refractivity contribution in [1.82, 2.24) is 10.2 Å². The van der Waals surface area contributed by atoms with E-state index in [0.717, 1.165) is 48.1 Å². The minimum absolute atomic E-state index is 0.0689. The van der Waals surface area contributed by atoms with Crippen LogP contribution in [0.3, 0.4) is 0 Å². The third-order valence-electron chi connectivity index (χ3n) is 6.77. The van der Waals surface area contributed by atoms with E-state index >= 15 is 0 Å². The van der Waals surface area contributed by atoms with Crippen molar-refractivity contribution in [3.8, 4) is 0 Å². The van der Waals surface area contributed by atoms with Gasteiger partial charge in [0.1, 0.15) is 5.82 Å². The lowest BCUT2D eigenvalue weighted by Crippen LogP contribution is -2.57. The molecular weight excluding hydrogens is 389 g/mol. The van der Waals surface area contributed by atoms with Gasteiger partial charge in [0, 0.05) is 35.8 Å². The molecule has 1 N–H and O–H groups in total. The maximum Gasteiger partial charge on any atom is 0.252 e. The number of hydrogen-bond donors (Lipinski definition) is 1. The molecule has 0 radical (unpaired) electrons. The van der Waals surface area contributed by atoms with Gasteiger partial charge in [0.15, 0.2) is 0 Å². The number of halogens is 1. The number of fused-ring (bicyclic) bond motifs is 1. The van der Waals surface area contributed by atoms with Gasteiger partial charge in [-0.2, -0.15) is 0 Å². The van der Waals surface area contributed by atoms with E-state index in [1.54, 1.807) is 6.07 Å². The number of nitrogens with zero attached hydrogens (tertiary/aromatic N) is 2. The summed E-state index contributed by atoms with van der Waals surface area (Å²) in [6.45, 7) is 3.98. The number of likely N-dealkylation sites (N-methyl/N-ethyl adjacent to an activating group) is 1. The molecule has 1 heterocycles. The summed E-state index contributed by atoms with van der Waals surface area (Å²) in [5.74, 6) is -0.295. The summed E-state index contributed by atoms with van der Waals surface area (Å²) in [7, 11) is 4.21. The third kappa shape index (κ3) is 3.57. The zero-order valence-electron chi connectivity index (χ0n) is 18.3.